The third-order valence-electron chi connectivity index (χ3n) is 3.35. The van der Waals surface area contributed by atoms with Gasteiger partial charge in [-0.25, -0.2) is 4.98 Å². The Morgan fingerprint density at radius 1 is 1.50 bits per heavy atom. The van der Waals surface area contributed by atoms with Gasteiger partial charge in [-0.3, -0.25) is 4.90 Å². The molecule has 1 atom stereocenters. The molecule has 0 aromatic carbocycles. The molecule has 0 N–H and O–H groups in total. The Hall–Kier alpha value is -0.450. The van der Waals surface area contributed by atoms with Crippen LogP contribution in [0.15, 0.2) is 10.9 Å². The van der Waals surface area contributed by atoms with Crippen LogP contribution in [0.25, 0.3) is 0 Å². The second kappa shape index (κ2) is 5.25. The van der Waals surface area contributed by atoms with Gasteiger partial charge in [-0.05, 0) is 13.0 Å². The van der Waals surface area contributed by atoms with Gasteiger partial charge in [0.05, 0.1) is 11.2 Å². The van der Waals surface area contributed by atoms with Crippen LogP contribution in [0.5, 0.6) is 0 Å². The van der Waals surface area contributed by atoms with E-state index in [1.165, 1.54) is 18.8 Å². The Balaban J connectivity index is 2.01. The molecule has 0 aliphatic carbocycles. The minimum atomic E-state index is 0.667. The van der Waals surface area contributed by atoms with Crippen molar-refractivity contribution in [1.82, 2.24) is 14.8 Å². The second-order valence-corrected chi connectivity index (χ2v) is 5.74. The molecular weight excluding hydrogens is 218 g/mol. The number of rotatable bonds is 3. The average Bonchev–Trinajstić information content (AvgIpc) is 2.73. The highest BCUT2D eigenvalue weighted by molar-refractivity contribution is 7.07. The molecule has 0 spiro atoms. The van der Waals surface area contributed by atoms with Crippen molar-refractivity contribution in [3.8, 4) is 0 Å². The summed E-state index contributed by atoms with van der Waals surface area (Å²) in [5.74, 6) is 0.710. The molecule has 1 aliphatic rings. The van der Waals surface area contributed by atoms with Crippen molar-refractivity contribution >= 4 is 11.3 Å². The van der Waals surface area contributed by atoms with Gasteiger partial charge in [-0.15, -0.1) is 11.3 Å². The van der Waals surface area contributed by atoms with Gasteiger partial charge in [-0.1, -0.05) is 13.8 Å². The van der Waals surface area contributed by atoms with E-state index in [2.05, 4.69) is 41.1 Å². The molecule has 0 bridgehead atoms. The van der Waals surface area contributed by atoms with Crippen LogP contribution in [-0.2, 0) is 6.54 Å². The van der Waals surface area contributed by atoms with Crippen LogP contribution in [0.2, 0.25) is 0 Å². The van der Waals surface area contributed by atoms with E-state index in [0.717, 1.165) is 13.1 Å². The van der Waals surface area contributed by atoms with E-state index in [9.17, 15) is 0 Å². The highest BCUT2D eigenvalue weighted by Gasteiger charge is 2.27. The maximum absolute atomic E-state index is 4.39. The van der Waals surface area contributed by atoms with Crippen LogP contribution in [-0.4, -0.2) is 47.5 Å². The topological polar surface area (TPSA) is 19.4 Å². The van der Waals surface area contributed by atoms with E-state index >= 15 is 0 Å². The quantitative estimate of drug-likeness (QED) is 0.803. The summed E-state index contributed by atoms with van der Waals surface area (Å²) in [5, 5.41) is 2.16. The highest BCUT2D eigenvalue weighted by atomic mass is 32.1. The van der Waals surface area contributed by atoms with Crippen molar-refractivity contribution in [1.29, 1.82) is 0 Å². The molecule has 1 unspecified atom stereocenters. The van der Waals surface area contributed by atoms with Gasteiger partial charge < -0.3 is 4.90 Å². The third-order valence-corrected chi connectivity index (χ3v) is 3.99. The van der Waals surface area contributed by atoms with E-state index in [-0.39, 0.29) is 0 Å². The lowest BCUT2D eigenvalue weighted by Gasteiger charge is -2.41. The number of aromatic nitrogens is 1. The van der Waals surface area contributed by atoms with Crippen molar-refractivity contribution in [2.75, 3.05) is 26.7 Å². The molecule has 2 heterocycles. The molecule has 1 aromatic rings. The van der Waals surface area contributed by atoms with Crippen LogP contribution < -0.4 is 0 Å². The van der Waals surface area contributed by atoms with Gasteiger partial charge in [-0.2, -0.15) is 0 Å². The fraction of sp³-hybridized carbons (Fsp3) is 0.750. The summed E-state index contributed by atoms with van der Waals surface area (Å²) in [6.07, 6.45) is 0. The largest absolute Gasteiger partial charge is 0.304 e. The fourth-order valence-electron chi connectivity index (χ4n) is 2.34. The van der Waals surface area contributed by atoms with Gasteiger partial charge in [0.1, 0.15) is 0 Å². The summed E-state index contributed by atoms with van der Waals surface area (Å²) in [4.78, 5) is 9.40. The molecule has 0 saturated carbocycles. The second-order valence-electron chi connectivity index (χ2n) is 5.02. The minimum Gasteiger partial charge on any atom is -0.304 e. The standard InChI is InChI=1S/C12H21N3S/c1-10(2)12-7-14(3)4-5-15(12)6-11-8-16-9-13-11/h8-10,12H,4-7H2,1-3H3. The Morgan fingerprint density at radius 2 is 2.31 bits per heavy atom. The number of thiazole rings is 1. The van der Waals surface area contributed by atoms with Crippen molar-refractivity contribution in [3.05, 3.63) is 16.6 Å². The molecule has 1 aromatic heterocycles. The molecule has 16 heavy (non-hydrogen) atoms. The molecule has 4 heteroatoms. The summed E-state index contributed by atoms with van der Waals surface area (Å²) in [7, 11) is 2.22. The first kappa shape index (κ1) is 12.0. The highest BCUT2D eigenvalue weighted by Crippen LogP contribution is 2.19. The van der Waals surface area contributed by atoms with Gasteiger partial charge in [0.15, 0.2) is 0 Å². The molecule has 2 rings (SSSR count). The van der Waals surface area contributed by atoms with E-state index in [0.29, 0.717) is 12.0 Å². The van der Waals surface area contributed by atoms with Gasteiger partial charge in [0.2, 0.25) is 0 Å². The van der Waals surface area contributed by atoms with E-state index in [4.69, 9.17) is 0 Å². The molecule has 90 valence electrons. The zero-order valence-electron chi connectivity index (χ0n) is 10.4. The van der Waals surface area contributed by atoms with Crippen LogP contribution in [0.3, 0.4) is 0 Å². The van der Waals surface area contributed by atoms with Crippen molar-refractivity contribution in [2.45, 2.75) is 26.4 Å². The Kier molecular flexibility index (Phi) is 3.95. The average molecular weight is 239 g/mol. The van der Waals surface area contributed by atoms with Crippen LogP contribution in [0, 0.1) is 5.92 Å². The monoisotopic (exact) mass is 239 g/mol. The zero-order valence-corrected chi connectivity index (χ0v) is 11.2. The number of hydrogen-bond acceptors (Lipinski definition) is 4. The van der Waals surface area contributed by atoms with Crippen molar-refractivity contribution < 1.29 is 0 Å². The Bertz CT molecular complexity index is 310. The SMILES string of the molecule is CC(C)C1CN(C)CCN1Cc1cscn1. The fourth-order valence-corrected chi connectivity index (χ4v) is 2.89. The van der Waals surface area contributed by atoms with Crippen LogP contribution in [0.4, 0.5) is 0 Å². The zero-order chi connectivity index (χ0) is 11.5. The molecule has 0 amide bonds. The first-order valence-electron chi connectivity index (χ1n) is 5.96. The summed E-state index contributed by atoms with van der Waals surface area (Å²) >= 11 is 1.69. The van der Waals surface area contributed by atoms with Gasteiger partial charge in [0, 0.05) is 37.6 Å². The lowest BCUT2D eigenvalue weighted by molar-refractivity contribution is 0.0563. The summed E-state index contributed by atoms with van der Waals surface area (Å²) in [5.41, 5.74) is 3.15. The summed E-state index contributed by atoms with van der Waals surface area (Å²) in [6.45, 7) is 9.17. The lowest BCUT2D eigenvalue weighted by atomic mass is 9.99. The summed E-state index contributed by atoms with van der Waals surface area (Å²) < 4.78 is 0. The number of piperazine rings is 1. The smallest absolute Gasteiger partial charge is 0.0795 e. The molecular formula is C12H21N3S. The number of nitrogens with zero attached hydrogens (tertiary/aromatic N) is 3. The van der Waals surface area contributed by atoms with Gasteiger partial charge in [0.25, 0.3) is 0 Å². The molecule has 1 saturated heterocycles. The van der Waals surface area contributed by atoms with Crippen LogP contribution in [0.1, 0.15) is 19.5 Å². The lowest BCUT2D eigenvalue weighted by Crippen LogP contribution is -2.53. The van der Waals surface area contributed by atoms with Crippen molar-refractivity contribution in [2.24, 2.45) is 5.92 Å². The van der Waals surface area contributed by atoms with Crippen LogP contribution >= 0.6 is 11.3 Å². The Labute approximate surface area is 102 Å². The maximum Gasteiger partial charge on any atom is 0.0795 e. The van der Waals surface area contributed by atoms with Gasteiger partial charge >= 0.3 is 0 Å². The molecule has 3 nitrogen and oxygen atoms in total. The van der Waals surface area contributed by atoms with E-state index < -0.39 is 0 Å². The third kappa shape index (κ3) is 2.81. The normalized spacial score (nSPS) is 24.1. The Morgan fingerprint density at radius 3 is 2.94 bits per heavy atom. The molecule has 1 fully saturated rings. The van der Waals surface area contributed by atoms with Crippen molar-refractivity contribution in [3.63, 3.8) is 0 Å². The predicted octanol–water partition coefficient (Wildman–Crippen LogP) is 1.92. The molecule has 0 radical (unpaired) electrons. The number of hydrogen-bond donors (Lipinski definition) is 0. The molecule has 1 aliphatic heterocycles. The van der Waals surface area contributed by atoms with E-state index in [1.54, 1.807) is 11.3 Å². The summed E-state index contributed by atoms with van der Waals surface area (Å²) in [6, 6.07) is 0.667. The first-order chi connectivity index (χ1) is 7.66. The number of likely N-dealkylation sites (N-methyl/N-ethyl adjacent to an activating group) is 1. The predicted molar refractivity (Wildman–Crippen MR) is 68.6 cm³/mol. The maximum atomic E-state index is 4.39. The minimum absolute atomic E-state index is 0.667. The van der Waals surface area contributed by atoms with E-state index in [1.807, 2.05) is 5.51 Å². The first-order valence-corrected chi connectivity index (χ1v) is 6.90.